The molecule has 2 saturated heterocycles. The van der Waals surface area contributed by atoms with Crippen molar-refractivity contribution >= 4 is 0 Å². The van der Waals surface area contributed by atoms with Gasteiger partial charge in [0.05, 0.1) is 0 Å². The highest BCUT2D eigenvalue weighted by Gasteiger charge is 2.52. The van der Waals surface area contributed by atoms with Crippen LogP contribution >= 0.6 is 0 Å². The normalized spacial score (nSPS) is 38.4. The van der Waals surface area contributed by atoms with Crippen LogP contribution in [0.2, 0.25) is 0 Å². The minimum absolute atomic E-state index is 0.325. The Hall–Kier alpha value is -0.120. The first-order chi connectivity index (χ1) is 9.82. The van der Waals surface area contributed by atoms with E-state index in [1.807, 2.05) is 0 Å². The lowest BCUT2D eigenvalue weighted by molar-refractivity contribution is 0.0304. The Morgan fingerprint density at radius 3 is 2.25 bits per heavy atom. The van der Waals surface area contributed by atoms with Gasteiger partial charge in [0.2, 0.25) is 0 Å². The Labute approximate surface area is 123 Å². The van der Waals surface area contributed by atoms with Crippen molar-refractivity contribution in [1.29, 1.82) is 0 Å². The van der Waals surface area contributed by atoms with E-state index in [0.717, 1.165) is 24.4 Å². The first-order valence-corrected chi connectivity index (χ1v) is 9.01. The van der Waals surface area contributed by atoms with E-state index >= 15 is 0 Å². The van der Waals surface area contributed by atoms with Gasteiger partial charge in [-0.2, -0.15) is 0 Å². The highest BCUT2D eigenvalue weighted by atomic mass is 15.3. The zero-order valence-corrected chi connectivity index (χ0v) is 12.9. The van der Waals surface area contributed by atoms with E-state index in [2.05, 4.69) is 9.80 Å². The van der Waals surface area contributed by atoms with Gasteiger partial charge in [-0.1, -0.05) is 6.42 Å². The second-order valence-corrected chi connectivity index (χ2v) is 7.90. The van der Waals surface area contributed by atoms with Crippen LogP contribution in [0.1, 0.15) is 51.4 Å². The summed E-state index contributed by atoms with van der Waals surface area (Å²) in [7, 11) is 0. The predicted octanol–water partition coefficient (Wildman–Crippen LogP) is 2.06. The molecule has 2 unspecified atom stereocenters. The minimum atomic E-state index is 0.325. The van der Waals surface area contributed by atoms with E-state index in [1.54, 1.807) is 0 Å². The Balaban J connectivity index is 1.55. The van der Waals surface area contributed by atoms with Crippen molar-refractivity contribution in [2.45, 2.75) is 62.9 Å². The second kappa shape index (κ2) is 5.26. The van der Waals surface area contributed by atoms with Crippen LogP contribution < -0.4 is 5.73 Å². The fraction of sp³-hybridized carbons (Fsp3) is 1.00. The summed E-state index contributed by atoms with van der Waals surface area (Å²) in [6.45, 7) is 6.20. The summed E-state index contributed by atoms with van der Waals surface area (Å²) < 4.78 is 0. The molecule has 114 valence electrons. The molecule has 0 spiro atoms. The fourth-order valence-corrected chi connectivity index (χ4v) is 4.77. The summed E-state index contributed by atoms with van der Waals surface area (Å²) in [6, 6.07) is 0.763. The van der Waals surface area contributed by atoms with Gasteiger partial charge in [-0.25, -0.2) is 0 Å². The molecule has 4 fully saturated rings. The molecule has 0 aromatic heterocycles. The topological polar surface area (TPSA) is 32.5 Å². The average Bonchev–Trinajstić information content (AvgIpc) is 3.40. The molecular formula is C17H31N3. The van der Waals surface area contributed by atoms with Gasteiger partial charge in [-0.3, -0.25) is 9.80 Å². The molecule has 2 N–H and O–H groups in total. The van der Waals surface area contributed by atoms with Gasteiger partial charge in [-0.05, 0) is 63.3 Å². The molecule has 0 radical (unpaired) electrons. The second-order valence-electron chi connectivity index (χ2n) is 7.90. The van der Waals surface area contributed by atoms with Gasteiger partial charge in [0.25, 0.3) is 0 Å². The van der Waals surface area contributed by atoms with Crippen molar-refractivity contribution in [2.24, 2.45) is 17.6 Å². The van der Waals surface area contributed by atoms with E-state index in [4.69, 9.17) is 5.73 Å². The summed E-state index contributed by atoms with van der Waals surface area (Å²) in [6.07, 6.45) is 11.4. The lowest BCUT2D eigenvalue weighted by Crippen LogP contribution is -2.62. The Kier molecular flexibility index (Phi) is 3.56. The number of rotatable bonds is 6. The molecular weight excluding hydrogens is 246 g/mol. The molecule has 3 nitrogen and oxygen atoms in total. The number of nitrogens with zero attached hydrogens (tertiary/aromatic N) is 2. The van der Waals surface area contributed by atoms with E-state index in [-0.39, 0.29) is 0 Å². The molecule has 0 aromatic rings. The van der Waals surface area contributed by atoms with E-state index < -0.39 is 0 Å². The third-order valence-corrected chi connectivity index (χ3v) is 6.40. The maximum absolute atomic E-state index is 6.40. The first kappa shape index (κ1) is 13.5. The van der Waals surface area contributed by atoms with Crippen LogP contribution in [-0.2, 0) is 0 Å². The van der Waals surface area contributed by atoms with Gasteiger partial charge >= 0.3 is 0 Å². The van der Waals surface area contributed by atoms with Gasteiger partial charge in [-0.15, -0.1) is 0 Å². The van der Waals surface area contributed by atoms with Crippen LogP contribution in [0.4, 0.5) is 0 Å². The van der Waals surface area contributed by atoms with E-state index in [9.17, 15) is 0 Å². The Morgan fingerprint density at radius 1 is 0.950 bits per heavy atom. The highest BCUT2D eigenvalue weighted by Crippen LogP contribution is 2.43. The van der Waals surface area contributed by atoms with Crippen LogP contribution in [0.3, 0.4) is 0 Å². The van der Waals surface area contributed by atoms with Gasteiger partial charge in [0.1, 0.15) is 0 Å². The molecule has 4 rings (SSSR count). The van der Waals surface area contributed by atoms with Crippen LogP contribution in [-0.4, -0.2) is 54.1 Å². The van der Waals surface area contributed by atoms with E-state index in [1.165, 1.54) is 77.5 Å². The van der Waals surface area contributed by atoms with Crippen LogP contribution in [0.5, 0.6) is 0 Å². The quantitative estimate of drug-likeness (QED) is 0.806. The molecule has 20 heavy (non-hydrogen) atoms. The molecule has 2 atom stereocenters. The summed E-state index contributed by atoms with van der Waals surface area (Å²) in [5.41, 5.74) is 6.73. The Bertz CT molecular complexity index is 336. The Morgan fingerprint density at radius 2 is 1.65 bits per heavy atom. The molecule has 0 aromatic carbocycles. The number of hydrogen-bond acceptors (Lipinski definition) is 3. The third kappa shape index (κ3) is 2.42. The lowest BCUT2D eigenvalue weighted by atomic mass is 9.83. The molecule has 4 aliphatic rings. The summed E-state index contributed by atoms with van der Waals surface area (Å²) in [5, 5.41) is 0. The summed E-state index contributed by atoms with van der Waals surface area (Å²) in [5.74, 6) is 1.99. The fourth-order valence-electron chi connectivity index (χ4n) is 4.77. The zero-order valence-electron chi connectivity index (χ0n) is 12.9. The molecule has 2 heterocycles. The number of hydrogen-bond donors (Lipinski definition) is 1. The van der Waals surface area contributed by atoms with Crippen molar-refractivity contribution in [3.8, 4) is 0 Å². The molecule has 2 aliphatic carbocycles. The van der Waals surface area contributed by atoms with Gasteiger partial charge < -0.3 is 5.73 Å². The minimum Gasteiger partial charge on any atom is -0.329 e. The smallest absolute Gasteiger partial charge is 0.0499 e. The molecule has 0 bridgehead atoms. The number of fused-ring (bicyclic) bond motifs is 1. The monoisotopic (exact) mass is 277 g/mol. The molecule has 2 aliphatic heterocycles. The van der Waals surface area contributed by atoms with Crippen LogP contribution in [0, 0.1) is 11.8 Å². The van der Waals surface area contributed by atoms with Crippen molar-refractivity contribution in [2.75, 3.05) is 32.7 Å². The largest absolute Gasteiger partial charge is 0.329 e. The summed E-state index contributed by atoms with van der Waals surface area (Å²) in [4.78, 5) is 5.65. The molecule has 2 saturated carbocycles. The zero-order chi connectivity index (χ0) is 13.6. The van der Waals surface area contributed by atoms with Crippen LogP contribution in [0.15, 0.2) is 0 Å². The average molecular weight is 277 g/mol. The van der Waals surface area contributed by atoms with Crippen molar-refractivity contribution in [3.63, 3.8) is 0 Å². The van der Waals surface area contributed by atoms with Gasteiger partial charge in [0, 0.05) is 37.8 Å². The molecule has 0 amide bonds. The number of nitrogens with two attached hydrogens (primary N) is 1. The number of piperidine rings is 1. The van der Waals surface area contributed by atoms with Crippen molar-refractivity contribution in [1.82, 2.24) is 9.80 Å². The lowest BCUT2D eigenvalue weighted by Gasteiger charge is -2.48. The first-order valence-electron chi connectivity index (χ1n) is 9.01. The SMILES string of the molecule is NCC1(N(CC2CC2)CC2CC2)CCN2CCCCC21. The van der Waals surface area contributed by atoms with Crippen LogP contribution in [0.25, 0.3) is 0 Å². The third-order valence-electron chi connectivity index (χ3n) is 6.40. The van der Waals surface area contributed by atoms with E-state index in [0.29, 0.717) is 5.54 Å². The maximum atomic E-state index is 6.40. The summed E-state index contributed by atoms with van der Waals surface area (Å²) >= 11 is 0. The molecule has 3 heteroatoms. The highest BCUT2D eigenvalue weighted by molar-refractivity contribution is 5.10. The van der Waals surface area contributed by atoms with Crippen molar-refractivity contribution in [3.05, 3.63) is 0 Å². The van der Waals surface area contributed by atoms with Crippen molar-refractivity contribution < 1.29 is 0 Å². The standard InChI is InChI=1S/C17H31N3/c18-13-17(8-10-19-9-2-1-3-16(17)19)20(11-14-4-5-14)12-15-6-7-15/h14-16H,1-13,18H2. The predicted molar refractivity (Wildman–Crippen MR) is 82.6 cm³/mol. The maximum Gasteiger partial charge on any atom is 0.0499 e. The van der Waals surface area contributed by atoms with Gasteiger partial charge in [0.15, 0.2) is 0 Å².